The van der Waals surface area contributed by atoms with Crippen molar-refractivity contribution in [2.24, 2.45) is 0 Å². The molecule has 0 spiro atoms. The third-order valence-corrected chi connectivity index (χ3v) is 10.8. The monoisotopic (exact) mass is 659 g/mol. The lowest BCUT2D eigenvalue weighted by atomic mass is 9.85. The summed E-state index contributed by atoms with van der Waals surface area (Å²) >= 11 is 0. The van der Waals surface area contributed by atoms with Crippen LogP contribution in [0.1, 0.15) is 0 Å². The number of benzene rings is 8. The Balaban J connectivity index is 1.20. The highest BCUT2D eigenvalue weighted by Gasteiger charge is 2.18. The van der Waals surface area contributed by atoms with E-state index in [1.165, 1.54) is 65.2 Å². The van der Waals surface area contributed by atoms with Gasteiger partial charge in [0.25, 0.3) is 0 Å². The maximum absolute atomic E-state index is 4.69. The van der Waals surface area contributed by atoms with Crippen LogP contribution in [0.4, 0.5) is 0 Å². The van der Waals surface area contributed by atoms with Crippen LogP contribution in [0.2, 0.25) is 0 Å². The van der Waals surface area contributed by atoms with Crippen LogP contribution in [0.3, 0.4) is 0 Å². The van der Waals surface area contributed by atoms with Crippen molar-refractivity contribution in [3.63, 3.8) is 0 Å². The van der Waals surface area contributed by atoms with E-state index < -0.39 is 0 Å². The molecule has 3 nitrogen and oxygen atoms in total. The zero-order chi connectivity index (χ0) is 34.2. The first-order valence-corrected chi connectivity index (χ1v) is 17.6. The molecule has 3 heterocycles. The average Bonchev–Trinajstić information content (AvgIpc) is 3.22. The first-order valence-electron chi connectivity index (χ1n) is 17.6. The first-order chi connectivity index (χ1) is 25.8. The van der Waals surface area contributed by atoms with Gasteiger partial charge in [0.15, 0.2) is 0 Å². The number of hydrogen-bond donors (Lipinski definition) is 0. The molecule has 0 bridgehead atoms. The van der Waals surface area contributed by atoms with Gasteiger partial charge in [-0.2, -0.15) is 0 Å². The molecule has 11 rings (SSSR count). The molecule has 0 amide bonds. The average molecular weight is 660 g/mol. The number of pyridine rings is 3. The van der Waals surface area contributed by atoms with E-state index in [0.717, 1.165) is 44.0 Å². The van der Waals surface area contributed by atoms with Crippen LogP contribution in [0.25, 0.3) is 109 Å². The highest BCUT2D eigenvalue weighted by molar-refractivity contribution is 6.28. The number of nitrogens with zero attached hydrogens (tertiary/aromatic N) is 3. The zero-order valence-electron chi connectivity index (χ0n) is 28.1. The number of rotatable bonds is 4. The van der Waals surface area contributed by atoms with Gasteiger partial charge in [0.05, 0.1) is 0 Å². The van der Waals surface area contributed by atoms with Gasteiger partial charge in [-0.25, -0.2) is 0 Å². The van der Waals surface area contributed by atoms with Gasteiger partial charge in [-0.05, 0) is 106 Å². The van der Waals surface area contributed by atoms with Crippen molar-refractivity contribution in [3.05, 3.63) is 177 Å². The molecule has 3 aromatic heterocycles. The van der Waals surface area contributed by atoms with Crippen LogP contribution >= 0.6 is 0 Å². The van der Waals surface area contributed by atoms with Gasteiger partial charge in [0, 0.05) is 64.5 Å². The molecule has 0 aliphatic carbocycles. The predicted octanol–water partition coefficient (Wildman–Crippen LogP) is 12.9. The van der Waals surface area contributed by atoms with Crippen LogP contribution in [0, 0.1) is 0 Å². The summed E-state index contributed by atoms with van der Waals surface area (Å²) < 4.78 is 0. The second-order valence-electron chi connectivity index (χ2n) is 13.7. The molecule has 0 N–H and O–H groups in total. The van der Waals surface area contributed by atoms with Crippen molar-refractivity contribution in [2.45, 2.75) is 0 Å². The maximum atomic E-state index is 4.69. The molecule has 240 valence electrons. The fourth-order valence-electron chi connectivity index (χ4n) is 8.43. The molecule has 3 heteroatoms. The lowest BCUT2D eigenvalue weighted by Gasteiger charge is -2.18. The lowest BCUT2D eigenvalue weighted by Crippen LogP contribution is -1.92. The summed E-state index contributed by atoms with van der Waals surface area (Å²) in [6.45, 7) is 0. The summed E-state index contributed by atoms with van der Waals surface area (Å²) in [6.07, 6.45) is 11.7. The highest BCUT2D eigenvalue weighted by Crippen LogP contribution is 2.45. The maximum Gasteiger partial charge on any atom is 0.0352 e. The summed E-state index contributed by atoms with van der Waals surface area (Å²) in [5, 5.41) is 14.6. The van der Waals surface area contributed by atoms with Crippen molar-refractivity contribution in [2.75, 3.05) is 0 Å². The SMILES string of the molecule is c1ccc2c(-c3cc(-c4cncc5ccccc45)cc(-c4ccc5ccc6c(-c7cccc8cnccc78)ccc7ccc4c5c76)c3)cncc2c1. The van der Waals surface area contributed by atoms with E-state index in [0.29, 0.717) is 0 Å². The molecule has 0 saturated heterocycles. The van der Waals surface area contributed by atoms with E-state index in [9.17, 15) is 0 Å². The Morgan fingerprint density at radius 2 is 0.731 bits per heavy atom. The van der Waals surface area contributed by atoms with Gasteiger partial charge in [-0.3, -0.25) is 15.0 Å². The Hall–Kier alpha value is -6.97. The Morgan fingerprint density at radius 1 is 0.269 bits per heavy atom. The lowest BCUT2D eigenvalue weighted by molar-refractivity contribution is 1.36. The van der Waals surface area contributed by atoms with Gasteiger partial charge in [-0.1, -0.05) is 115 Å². The van der Waals surface area contributed by atoms with Crippen LogP contribution < -0.4 is 0 Å². The van der Waals surface area contributed by atoms with Gasteiger partial charge in [0.1, 0.15) is 0 Å². The Morgan fingerprint density at radius 3 is 1.37 bits per heavy atom. The molecule has 52 heavy (non-hydrogen) atoms. The fraction of sp³-hybridized carbons (Fsp3) is 0. The van der Waals surface area contributed by atoms with E-state index in [2.05, 4.69) is 154 Å². The molecule has 0 saturated carbocycles. The molecule has 0 aliphatic heterocycles. The molecule has 0 radical (unpaired) electrons. The second-order valence-corrected chi connectivity index (χ2v) is 13.7. The van der Waals surface area contributed by atoms with Gasteiger partial charge in [0.2, 0.25) is 0 Å². The standard InChI is InChI=1S/C49H29N3/c1-3-9-38-32(6-1)26-51-28-46(38)36-22-35(23-37(24-36)47-29-52-27-33-7-2-4-10-39(33)47)40-16-12-30-15-19-45-43(17-13-31-14-18-44(40)48(30)49(31)45)42-11-5-8-34-25-50-21-20-41(34)42/h1-29H. The summed E-state index contributed by atoms with van der Waals surface area (Å²) in [5.41, 5.74) is 9.31. The molecule has 0 unspecified atom stereocenters. The summed E-state index contributed by atoms with van der Waals surface area (Å²) in [5.74, 6) is 0. The minimum Gasteiger partial charge on any atom is -0.264 e. The highest BCUT2D eigenvalue weighted by atomic mass is 14.6. The Kier molecular flexibility index (Phi) is 6.25. The largest absolute Gasteiger partial charge is 0.264 e. The molecule has 8 aromatic carbocycles. The van der Waals surface area contributed by atoms with Crippen molar-refractivity contribution in [1.29, 1.82) is 0 Å². The zero-order valence-corrected chi connectivity index (χ0v) is 28.1. The second kappa shape index (κ2) is 11.3. The summed E-state index contributed by atoms with van der Waals surface area (Å²) in [4.78, 5) is 13.8. The molecule has 0 fully saturated rings. The quantitative estimate of drug-likeness (QED) is 0.177. The van der Waals surface area contributed by atoms with Crippen molar-refractivity contribution < 1.29 is 0 Å². The minimum atomic E-state index is 1.11. The smallest absolute Gasteiger partial charge is 0.0352 e. The summed E-state index contributed by atoms with van der Waals surface area (Å²) in [6, 6.07) is 51.0. The molecule has 0 atom stereocenters. The van der Waals surface area contributed by atoms with E-state index >= 15 is 0 Å². The normalized spacial score (nSPS) is 11.8. The molecular weight excluding hydrogens is 631 g/mol. The first kappa shape index (κ1) is 28.8. The van der Waals surface area contributed by atoms with E-state index in [4.69, 9.17) is 0 Å². The molecular formula is C49H29N3. The minimum absolute atomic E-state index is 1.11. The number of hydrogen-bond acceptors (Lipinski definition) is 3. The van der Waals surface area contributed by atoms with Crippen molar-refractivity contribution in [3.8, 4) is 44.5 Å². The van der Waals surface area contributed by atoms with Gasteiger partial charge in [-0.15, -0.1) is 0 Å². The van der Waals surface area contributed by atoms with Crippen LogP contribution in [0.5, 0.6) is 0 Å². The number of fused-ring (bicyclic) bond motifs is 3. The number of aromatic nitrogens is 3. The van der Waals surface area contributed by atoms with Gasteiger partial charge >= 0.3 is 0 Å². The predicted molar refractivity (Wildman–Crippen MR) is 218 cm³/mol. The van der Waals surface area contributed by atoms with Crippen molar-refractivity contribution >= 4 is 64.6 Å². The Labute approximate surface area is 299 Å². The summed E-state index contributed by atoms with van der Waals surface area (Å²) in [7, 11) is 0. The van der Waals surface area contributed by atoms with E-state index in [1.807, 2.05) is 37.2 Å². The third-order valence-electron chi connectivity index (χ3n) is 10.8. The van der Waals surface area contributed by atoms with Crippen molar-refractivity contribution in [1.82, 2.24) is 15.0 Å². The van der Waals surface area contributed by atoms with Gasteiger partial charge < -0.3 is 0 Å². The molecule has 11 aromatic rings. The van der Waals surface area contributed by atoms with Crippen LogP contribution in [-0.4, -0.2) is 15.0 Å². The molecule has 0 aliphatic rings. The van der Waals surface area contributed by atoms with Crippen LogP contribution in [0.15, 0.2) is 177 Å². The van der Waals surface area contributed by atoms with E-state index in [1.54, 1.807) is 0 Å². The fourth-order valence-corrected chi connectivity index (χ4v) is 8.43. The van der Waals surface area contributed by atoms with Crippen LogP contribution in [-0.2, 0) is 0 Å². The Bertz CT molecular complexity index is 3080. The topological polar surface area (TPSA) is 38.7 Å². The van der Waals surface area contributed by atoms with E-state index in [-0.39, 0.29) is 0 Å². The third kappa shape index (κ3) is 4.36.